The predicted octanol–water partition coefficient (Wildman–Crippen LogP) is 16.7. The van der Waals surface area contributed by atoms with Crippen molar-refractivity contribution >= 4 is 79.5 Å². The first kappa shape index (κ1) is 51.8. The molecule has 6 aromatic rings. The molecule has 378 valence electrons. The lowest BCUT2D eigenvalue weighted by Crippen LogP contribution is -2.25. The van der Waals surface area contributed by atoms with Gasteiger partial charge in [-0.25, -0.2) is 18.5 Å². The van der Waals surface area contributed by atoms with Crippen LogP contribution in [0.1, 0.15) is 117 Å². The Kier molecular flexibility index (Phi) is 15.5. The van der Waals surface area contributed by atoms with E-state index in [2.05, 4.69) is 35.9 Å². The maximum atomic E-state index is 14.6. The second kappa shape index (κ2) is 21.9. The fraction of sp³-hybridized carbons (Fsp3) is 0.411. The number of rotatable bonds is 11. The van der Waals surface area contributed by atoms with E-state index in [4.69, 9.17) is 78.1 Å². The van der Waals surface area contributed by atoms with E-state index in [9.17, 15) is 18.7 Å². The number of ether oxygens (including phenoxy) is 2. The van der Waals surface area contributed by atoms with E-state index in [1.54, 1.807) is 36.4 Å². The van der Waals surface area contributed by atoms with Crippen molar-refractivity contribution in [1.29, 1.82) is 0 Å². The summed E-state index contributed by atoms with van der Waals surface area (Å²) in [4.78, 5) is 17.9. The molecule has 0 bridgehead atoms. The quantitative estimate of drug-likeness (QED) is 0.128. The summed E-state index contributed by atoms with van der Waals surface area (Å²) < 4.78 is 51.7. The zero-order chi connectivity index (χ0) is 51.1. The summed E-state index contributed by atoms with van der Waals surface area (Å²) in [5.74, 6) is 3.56. The van der Waals surface area contributed by atoms with Gasteiger partial charge in [-0.05, 0) is 140 Å². The normalized spacial score (nSPS) is 24.8. The van der Waals surface area contributed by atoms with Gasteiger partial charge in [0, 0.05) is 52.5 Å². The van der Waals surface area contributed by atoms with Crippen molar-refractivity contribution in [2.75, 3.05) is 0 Å². The molecule has 4 aromatic carbocycles. The van der Waals surface area contributed by atoms with Crippen LogP contribution in [-0.4, -0.2) is 33.4 Å². The molecule has 0 radical (unpaired) electrons. The molecule has 2 heterocycles. The Hall–Kier alpha value is -4.67. The van der Waals surface area contributed by atoms with Crippen molar-refractivity contribution in [2.24, 2.45) is 23.7 Å². The van der Waals surface area contributed by atoms with E-state index in [-0.39, 0.29) is 29.7 Å². The fourth-order valence-corrected chi connectivity index (χ4v) is 12.8. The maximum Gasteiger partial charge on any atom is 0.190 e. The Morgan fingerprint density at radius 3 is 1.49 bits per heavy atom. The summed E-state index contributed by atoms with van der Waals surface area (Å²) in [6.07, 6.45) is 10.6. The Morgan fingerprint density at radius 1 is 0.658 bits per heavy atom. The zero-order valence-electron chi connectivity index (χ0n) is 39.4. The van der Waals surface area contributed by atoms with Gasteiger partial charge in [0.1, 0.15) is 40.3 Å². The molecule has 0 saturated heterocycles. The monoisotopic (exact) mass is 1130 g/mol. The summed E-state index contributed by atoms with van der Waals surface area (Å²) in [7, 11) is 0. The highest BCUT2D eigenvalue weighted by Crippen LogP contribution is 2.55. The molecule has 12 rings (SSSR count). The van der Waals surface area contributed by atoms with Crippen LogP contribution in [0.3, 0.4) is 0 Å². The molecule has 2 aromatic heterocycles. The molecule has 6 aliphatic carbocycles. The van der Waals surface area contributed by atoms with Crippen LogP contribution in [0.4, 0.5) is 20.2 Å². The Balaban J connectivity index is 0.000000145. The summed E-state index contributed by atoms with van der Waals surface area (Å²) in [6, 6.07) is 19.4. The first-order valence-corrected chi connectivity index (χ1v) is 26.8. The maximum absolute atomic E-state index is 14.6. The highest BCUT2D eigenvalue weighted by molar-refractivity contribution is 9.10. The summed E-state index contributed by atoms with van der Waals surface area (Å²) in [5, 5.41) is 22.1. The van der Waals surface area contributed by atoms with Crippen LogP contribution in [0.15, 0.2) is 86.3 Å². The van der Waals surface area contributed by atoms with Crippen molar-refractivity contribution in [3.8, 4) is 22.5 Å². The van der Waals surface area contributed by atoms with Crippen LogP contribution in [0.2, 0.25) is 20.1 Å². The fourth-order valence-electron chi connectivity index (χ4n) is 11.4. The number of halogens is 7. The van der Waals surface area contributed by atoms with Crippen molar-refractivity contribution in [1.82, 2.24) is 10.3 Å². The average molecular weight is 1130 g/mol. The standard InChI is InChI=1S/C28H25Cl2FN2O3.C21H21Cl2NO3.C7H3BrFN/c1-32-18-7-8-21(24(31)11-18)28(34)12-16-9-19(10-17(16)13-28)35-14-20-26(33-36-27(20)15-5-6-15)25-22(29)3-2-4-23(25)30;22-17-2-1-3-18(23)19(17)20-16(21(27-24-20)11-4-5-11)10-26-15-8-12-6-14(25)7-13(12)9-15;1-10-5-2-3-6(8)7(9)4-5/h2-4,7-8,11,15-17,19,34H,5-6,9-10,12-14H2;1-3,11-13,15H,4-10H2;2-4H/t16-,17+,19?,28?;12-,13+,15?;. The third-order valence-electron chi connectivity index (χ3n) is 15.3. The van der Waals surface area contributed by atoms with Crippen LogP contribution in [0.25, 0.3) is 32.2 Å². The van der Waals surface area contributed by atoms with Gasteiger partial charge in [0.2, 0.25) is 0 Å². The smallest absolute Gasteiger partial charge is 0.190 e. The molecule has 17 heteroatoms. The number of nitrogens with zero attached hydrogens (tertiary/aromatic N) is 4. The molecule has 10 nitrogen and oxygen atoms in total. The number of aromatic nitrogens is 2. The van der Waals surface area contributed by atoms with Gasteiger partial charge in [0.05, 0.1) is 68.7 Å². The van der Waals surface area contributed by atoms with E-state index in [0.29, 0.717) is 114 Å². The minimum Gasteiger partial charge on any atom is -0.385 e. The van der Waals surface area contributed by atoms with Gasteiger partial charge in [-0.1, -0.05) is 93.1 Å². The van der Waals surface area contributed by atoms with Gasteiger partial charge >= 0.3 is 0 Å². The Morgan fingerprint density at radius 2 is 1.08 bits per heavy atom. The Bertz CT molecular complexity index is 3080. The van der Waals surface area contributed by atoms with Crippen LogP contribution in [0, 0.1) is 48.5 Å². The minimum absolute atomic E-state index is 0.0374. The largest absolute Gasteiger partial charge is 0.385 e. The minimum atomic E-state index is -1.20. The van der Waals surface area contributed by atoms with E-state index >= 15 is 0 Å². The zero-order valence-corrected chi connectivity index (χ0v) is 44.0. The first-order valence-electron chi connectivity index (χ1n) is 24.5. The first-order chi connectivity index (χ1) is 35.2. The van der Waals surface area contributed by atoms with Gasteiger partial charge in [-0.3, -0.25) is 4.79 Å². The van der Waals surface area contributed by atoms with Gasteiger partial charge < -0.3 is 23.6 Å². The molecule has 6 saturated carbocycles. The summed E-state index contributed by atoms with van der Waals surface area (Å²) >= 11 is 28.7. The number of fused-ring (bicyclic) bond motifs is 2. The highest BCUT2D eigenvalue weighted by atomic mass is 79.9. The molecule has 6 aliphatic rings. The number of aliphatic hydroxyl groups is 1. The molecule has 3 unspecified atom stereocenters. The van der Waals surface area contributed by atoms with Crippen LogP contribution < -0.4 is 0 Å². The lowest BCUT2D eigenvalue weighted by molar-refractivity contribution is -0.118. The molecular formula is C56H49BrCl4F2N4O6. The average Bonchev–Trinajstić information content (AvgIpc) is 4.12. The van der Waals surface area contributed by atoms with E-state index in [1.165, 1.54) is 18.2 Å². The number of hydrogen-bond acceptors (Lipinski definition) is 8. The number of carbonyl (C=O) groups excluding carboxylic acids is 1. The summed E-state index contributed by atoms with van der Waals surface area (Å²) in [6.45, 7) is 14.4. The van der Waals surface area contributed by atoms with Crippen molar-refractivity contribution in [2.45, 2.75) is 120 Å². The molecule has 0 aliphatic heterocycles. The second-order valence-corrected chi connectivity index (χ2v) is 22.7. The highest BCUT2D eigenvalue weighted by Gasteiger charge is 2.51. The van der Waals surface area contributed by atoms with Crippen LogP contribution in [0.5, 0.6) is 0 Å². The predicted molar refractivity (Wildman–Crippen MR) is 278 cm³/mol. The second-order valence-electron chi connectivity index (χ2n) is 20.2. The molecular weight excluding hydrogens is 1080 g/mol. The van der Waals surface area contributed by atoms with Gasteiger partial charge in [0.25, 0.3) is 0 Å². The Labute approximate surface area is 450 Å². The molecule has 0 amide bonds. The number of benzene rings is 4. The van der Waals surface area contributed by atoms with Crippen LogP contribution >= 0.6 is 62.3 Å². The van der Waals surface area contributed by atoms with Crippen molar-refractivity contribution in [3.63, 3.8) is 0 Å². The number of ketones is 1. The lowest BCUT2D eigenvalue weighted by Gasteiger charge is -2.26. The van der Waals surface area contributed by atoms with Gasteiger partial charge in [0.15, 0.2) is 11.4 Å². The SMILES string of the molecule is O=C1C[C@@H]2CC(OCc3c(-c4c(Cl)cccc4Cl)noc3C3CC3)C[C@@H]2C1.[C-]#[N+]c1ccc(Br)c(F)c1.[C-]#[N+]c1ccc(C2(O)C[C@H]3CC(OCc4c(-c5c(Cl)cccc5Cl)noc4C4CC4)C[C@H]3C2)c(F)c1. The molecule has 73 heavy (non-hydrogen) atoms. The number of carbonyl (C=O) groups is 1. The lowest BCUT2D eigenvalue weighted by atomic mass is 9.88. The molecule has 1 N–H and O–H groups in total. The van der Waals surface area contributed by atoms with E-state index in [0.717, 1.165) is 86.9 Å². The third-order valence-corrected chi connectivity index (χ3v) is 17.2. The topological polar surface area (TPSA) is 117 Å². The number of hydrogen-bond donors (Lipinski definition) is 1. The van der Waals surface area contributed by atoms with Crippen molar-refractivity contribution in [3.05, 3.63) is 160 Å². The summed E-state index contributed by atoms with van der Waals surface area (Å²) in [5.41, 5.74) is 4.24. The van der Waals surface area contributed by atoms with Crippen molar-refractivity contribution < 1.29 is 37.2 Å². The van der Waals surface area contributed by atoms with Gasteiger partial charge in [-0.15, -0.1) is 0 Å². The van der Waals surface area contributed by atoms with E-state index < -0.39 is 17.2 Å². The third kappa shape index (κ3) is 11.3. The number of Topliss-reactive ketones (excluding diaryl/α,β-unsaturated/α-hetero) is 1. The van der Waals surface area contributed by atoms with Gasteiger partial charge in [-0.2, -0.15) is 0 Å². The molecule has 0 spiro atoms. The van der Waals surface area contributed by atoms with Crippen LogP contribution in [-0.2, 0) is 33.1 Å². The van der Waals surface area contributed by atoms with E-state index in [1.807, 2.05) is 18.2 Å². The molecule has 6 fully saturated rings. The molecule has 7 atom stereocenters.